The van der Waals surface area contributed by atoms with Crippen molar-refractivity contribution in [3.8, 4) is 0 Å². The quantitative estimate of drug-likeness (QED) is 0.870. The first-order valence-electron chi connectivity index (χ1n) is 6.79. The highest BCUT2D eigenvalue weighted by atomic mass is 32.2. The van der Waals surface area contributed by atoms with Crippen LogP contribution in [0.3, 0.4) is 0 Å². The smallest absolute Gasteiger partial charge is 0.356 e. The average Bonchev–Trinajstić information content (AvgIpc) is 2.86. The molecule has 0 saturated carbocycles. The lowest BCUT2D eigenvalue weighted by Gasteiger charge is -2.37. The van der Waals surface area contributed by atoms with Gasteiger partial charge in [-0.25, -0.2) is 14.6 Å². The number of thioether (sulfide) groups is 1. The molecule has 1 saturated heterocycles. The maximum atomic E-state index is 12.1. The third-order valence-electron chi connectivity index (χ3n) is 3.21. The van der Waals surface area contributed by atoms with Crippen molar-refractivity contribution in [2.75, 3.05) is 25.4 Å². The number of carboxylic acids is 1. The standard InChI is InChI=1S/C13H20N4O3S/c1-13(2)8-17(5-6-21-13)12(20)14-3-4-16-7-10(11(18)19)15-9-16/h7,9H,3-6,8H2,1-2H3,(H,14,20)(H,18,19). The third kappa shape index (κ3) is 4.38. The van der Waals surface area contributed by atoms with E-state index in [4.69, 9.17) is 5.11 Å². The van der Waals surface area contributed by atoms with Crippen molar-refractivity contribution in [1.29, 1.82) is 0 Å². The van der Waals surface area contributed by atoms with Crippen LogP contribution in [0, 0.1) is 0 Å². The lowest BCUT2D eigenvalue weighted by Crippen LogP contribution is -2.50. The summed E-state index contributed by atoms with van der Waals surface area (Å²) in [6.07, 6.45) is 2.91. The molecule has 21 heavy (non-hydrogen) atoms. The van der Waals surface area contributed by atoms with Crippen molar-refractivity contribution in [3.05, 3.63) is 18.2 Å². The van der Waals surface area contributed by atoms with Crippen molar-refractivity contribution in [2.24, 2.45) is 0 Å². The van der Waals surface area contributed by atoms with E-state index in [-0.39, 0.29) is 16.5 Å². The summed E-state index contributed by atoms with van der Waals surface area (Å²) in [5, 5.41) is 11.6. The maximum Gasteiger partial charge on any atom is 0.356 e. The summed E-state index contributed by atoms with van der Waals surface area (Å²) in [5.41, 5.74) is 0.0103. The molecule has 1 aliphatic rings. The summed E-state index contributed by atoms with van der Waals surface area (Å²) in [5.74, 6) is -0.102. The number of hydrogen-bond acceptors (Lipinski definition) is 4. The number of aromatic carboxylic acids is 1. The molecule has 2 amide bonds. The summed E-state index contributed by atoms with van der Waals surface area (Å²) in [7, 11) is 0. The number of nitrogens with one attached hydrogen (secondary N) is 1. The van der Waals surface area contributed by atoms with Crippen LogP contribution in [0.1, 0.15) is 24.3 Å². The third-order valence-corrected chi connectivity index (χ3v) is 4.51. The van der Waals surface area contributed by atoms with Crippen molar-refractivity contribution < 1.29 is 14.7 Å². The molecule has 2 heterocycles. The topological polar surface area (TPSA) is 87.5 Å². The van der Waals surface area contributed by atoms with Crippen LogP contribution in [0.5, 0.6) is 0 Å². The molecular formula is C13H20N4O3S. The Bertz CT molecular complexity index is 529. The largest absolute Gasteiger partial charge is 0.476 e. The van der Waals surface area contributed by atoms with Crippen LogP contribution in [0.4, 0.5) is 4.79 Å². The Morgan fingerprint density at radius 3 is 2.90 bits per heavy atom. The number of hydrogen-bond donors (Lipinski definition) is 2. The molecule has 0 unspecified atom stereocenters. The summed E-state index contributed by atoms with van der Waals surface area (Å²) in [4.78, 5) is 28.4. The number of carbonyl (C=O) groups is 2. The second-order valence-corrected chi connectivity index (χ2v) is 7.37. The molecule has 1 aromatic heterocycles. The van der Waals surface area contributed by atoms with Crippen molar-refractivity contribution >= 4 is 23.8 Å². The van der Waals surface area contributed by atoms with Gasteiger partial charge in [0.1, 0.15) is 0 Å². The van der Waals surface area contributed by atoms with Gasteiger partial charge < -0.3 is 19.9 Å². The van der Waals surface area contributed by atoms with E-state index in [9.17, 15) is 9.59 Å². The van der Waals surface area contributed by atoms with Crippen LogP contribution < -0.4 is 5.32 Å². The fraction of sp³-hybridized carbons (Fsp3) is 0.615. The van der Waals surface area contributed by atoms with E-state index in [2.05, 4.69) is 24.1 Å². The van der Waals surface area contributed by atoms with Gasteiger partial charge in [0.05, 0.1) is 6.33 Å². The molecule has 0 spiro atoms. The molecule has 0 bridgehead atoms. The molecule has 0 aromatic carbocycles. The van der Waals surface area contributed by atoms with Gasteiger partial charge in [0, 0.05) is 42.9 Å². The van der Waals surface area contributed by atoms with Gasteiger partial charge >= 0.3 is 12.0 Å². The van der Waals surface area contributed by atoms with Crippen LogP contribution in [0.15, 0.2) is 12.5 Å². The van der Waals surface area contributed by atoms with E-state index < -0.39 is 5.97 Å². The highest BCUT2D eigenvalue weighted by Crippen LogP contribution is 2.29. The lowest BCUT2D eigenvalue weighted by molar-refractivity contribution is 0.0691. The first-order chi connectivity index (χ1) is 9.87. The molecule has 8 heteroatoms. The highest BCUT2D eigenvalue weighted by molar-refractivity contribution is 8.00. The van der Waals surface area contributed by atoms with Crippen molar-refractivity contribution in [3.63, 3.8) is 0 Å². The van der Waals surface area contributed by atoms with E-state index in [1.165, 1.54) is 12.5 Å². The number of carbonyl (C=O) groups excluding carboxylic acids is 1. The molecular weight excluding hydrogens is 292 g/mol. The number of imidazole rings is 1. The van der Waals surface area contributed by atoms with Gasteiger partial charge in [-0.05, 0) is 13.8 Å². The number of nitrogens with zero attached hydrogens (tertiary/aromatic N) is 3. The van der Waals surface area contributed by atoms with Crippen LogP contribution in [-0.4, -0.2) is 61.7 Å². The van der Waals surface area contributed by atoms with Crippen LogP contribution >= 0.6 is 11.8 Å². The Morgan fingerprint density at radius 1 is 1.52 bits per heavy atom. The Labute approximate surface area is 127 Å². The summed E-state index contributed by atoms with van der Waals surface area (Å²) < 4.78 is 1.75. The number of urea groups is 1. The molecule has 1 aliphatic heterocycles. The van der Waals surface area contributed by atoms with Gasteiger partial charge in [-0.2, -0.15) is 11.8 Å². The maximum absolute atomic E-state index is 12.1. The second kappa shape index (κ2) is 6.38. The molecule has 0 aliphatic carbocycles. The predicted octanol–water partition coefficient (Wildman–Crippen LogP) is 1.12. The van der Waals surface area contributed by atoms with Crippen LogP contribution in [-0.2, 0) is 6.54 Å². The highest BCUT2D eigenvalue weighted by Gasteiger charge is 2.29. The predicted molar refractivity (Wildman–Crippen MR) is 80.7 cm³/mol. The molecule has 2 rings (SSSR count). The minimum Gasteiger partial charge on any atom is -0.476 e. The van der Waals surface area contributed by atoms with Gasteiger partial charge in [-0.15, -0.1) is 0 Å². The van der Waals surface area contributed by atoms with E-state index in [0.717, 1.165) is 18.8 Å². The molecule has 1 aromatic rings. The van der Waals surface area contributed by atoms with E-state index in [1.807, 2.05) is 16.7 Å². The fourth-order valence-corrected chi connectivity index (χ4v) is 3.30. The van der Waals surface area contributed by atoms with Gasteiger partial charge in [0.25, 0.3) is 0 Å². The summed E-state index contributed by atoms with van der Waals surface area (Å²) in [6.45, 7) is 6.70. The van der Waals surface area contributed by atoms with Crippen LogP contribution in [0.25, 0.3) is 0 Å². The van der Waals surface area contributed by atoms with Gasteiger partial charge in [-0.3, -0.25) is 0 Å². The molecule has 116 valence electrons. The molecule has 0 atom stereocenters. The van der Waals surface area contributed by atoms with Crippen molar-refractivity contribution in [2.45, 2.75) is 25.1 Å². The first kappa shape index (κ1) is 15.7. The normalized spacial score (nSPS) is 17.5. The molecule has 7 nitrogen and oxygen atoms in total. The first-order valence-corrected chi connectivity index (χ1v) is 7.78. The Hall–Kier alpha value is -1.70. The Kier molecular flexibility index (Phi) is 4.76. The van der Waals surface area contributed by atoms with Gasteiger partial charge in [-0.1, -0.05) is 0 Å². The monoisotopic (exact) mass is 312 g/mol. The summed E-state index contributed by atoms with van der Waals surface area (Å²) >= 11 is 1.88. The zero-order chi connectivity index (χ0) is 15.5. The number of rotatable bonds is 4. The number of carboxylic acid groups (broad SMARTS) is 1. The Balaban J connectivity index is 1.77. The minimum atomic E-state index is -1.05. The molecule has 1 fully saturated rings. The lowest BCUT2D eigenvalue weighted by atomic mass is 10.2. The Morgan fingerprint density at radius 2 is 2.29 bits per heavy atom. The van der Waals surface area contributed by atoms with Gasteiger partial charge in [0.15, 0.2) is 5.69 Å². The van der Waals surface area contributed by atoms with E-state index in [0.29, 0.717) is 13.1 Å². The minimum absolute atomic E-state index is 0.0103. The summed E-state index contributed by atoms with van der Waals surface area (Å²) in [6, 6.07) is -0.0676. The molecule has 0 radical (unpaired) electrons. The average molecular weight is 312 g/mol. The molecule has 2 N–H and O–H groups in total. The van der Waals surface area contributed by atoms with Gasteiger partial charge in [0.2, 0.25) is 0 Å². The number of aromatic nitrogens is 2. The zero-order valence-electron chi connectivity index (χ0n) is 12.2. The zero-order valence-corrected chi connectivity index (χ0v) is 13.0. The van der Waals surface area contributed by atoms with Crippen molar-refractivity contribution in [1.82, 2.24) is 19.8 Å². The van der Waals surface area contributed by atoms with E-state index >= 15 is 0 Å². The van der Waals surface area contributed by atoms with Crippen LogP contribution in [0.2, 0.25) is 0 Å². The van der Waals surface area contributed by atoms with E-state index in [1.54, 1.807) is 4.57 Å². The second-order valence-electron chi connectivity index (χ2n) is 5.56. The SMILES string of the molecule is CC1(C)CN(C(=O)NCCn2cnc(C(=O)O)c2)CCS1. The number of amides is 2. The fourth-order valence-electron chi connectivity index (χ4n) is 2.19.